The Labute approximate surface area is 306 Å². The minimum Gasteiger partial charge on any atom is -0.444 e. The van der Waals surface area contributed by atoms with Crippen LogP contribution in [0, 0.1) is 20.2 Å². The lowest BCUT2D eigenvalue weighted by molar-refractivity contribution is -0.384. The summed E-state index contributed by atoms with van der Waals surface area (Å²) in [6.07, 6.45) is 0.498. The van der Waals surface area contributed by atoms with Gasteiger partial charge >= 0.3 is 12.2 Å². The average Bonchev–Trinajstić information content (AvgIpc) is 3.84. The van der Waals surface area contributed by atoms with Crippen molar-refractivity contribution in [2.24, 2.45) is 0 Å². The summed E-state index contributed by atoms with van der Waals surface area (Å²) in [7, 11) is 0. The first-order valence-electron chi connectivity index (χ1n) is 17.6. The van der Waals surface area contributed by atoms with Gasteiger partial charge in [0.25, 0.3) is 11.4 Å². The number of benzene rings is 2. The Morgan fingerprint density at radius 2 is 1.09 bits per heavy atom. The molecule has 3 N–H and O–H groups in total. The van der Waals surface area contributed by atoms with Crippen molar-refractivity contribution in [3.05, 3.63) is 68.8 Å². The maximum atomic E-state index is 13.2. The third-order valence-corrected chi connectivity index (χ3v) is 8.50. The van der Waals surface area contributed by atoms with E-state index in [0.29, 0.717) is 38.8 Å². The van der Waals surface area contributed by atoms with Crippen LogP contribution in [0.3, 0.4) is 0 Å². The minimum absolute atomic E-state index is 0.104. The molecule has 2 unspecified atom stereocenters. The number of aromatic amines is 1. The number of nitrogens with zero attached hydrogens (tertiary/aromatic N) is 4. The highest BCUT2D eigenvalue weighted by molar-refractivity contribution is 6.00. The lowest BCUT2D eigenvalue weighted by atomic mass is 10.1. The summed E-state index contributed by atoms with van der Waals surface area (Å²) in [6.45, 7) is 10.8. The first kappa shape index (κ1) is 36.8. The fourth-order valence-corrected chi connectivity index (χ4v) is 6.17. The van der Waals surface area contributed by atoms with Gasteiger partial charge in [-0.1, -0.05) is 12.1 Å². The lowest BCUT2D eigenvalue weighted by Gasteiger charge is -2.28. The van der Waals surface area contributed by atoms with Crippen LogP contribution in [0.15, 0.2) is 48.5 Å². The molecule has 0 saturated carbocycles. The number of hydrogen-bond donors (Lipinski definition) is 3. The van der Waals surface area contributed by atoms with Crippen molar-refractivity contribution in [3.8, 4) is 22.5 Å². The molecule has 4 amide bonds. The van der Waals surface area contributed by atoms with Gasteiger partial charge in [0.15, 0.2) is 1.41 Å². The van der Waals surface area contributed by atoms with Gasteiger partial charge in [-0.2, -0.15) is 0 Å². The van der Waals surface area contributed by atoms with E-state index in [9.17, 15) is 39.4 Å². The van der Waals surface area contributed by atoms with E-state index in [4.69, 9.17) is 10.9 Å². The second kappa shape index (κ2) is 14.9. The molecular weight excluding hydrogens is 690 g/mol. The molecule has 2 aliphatic heterocycles. The third-order valence-electron chi connectivity index (χ3n) is 8.50. The Bertz CT molecular complexity index is 1860. The van der Waals surface area contributed by atoms with Crippen molar-refractivity contribution < 1.29 is 39.9 Å². The van der Waals surface area contributed by atoms with Crippen LogP contribution in [0.25, 0.3) is 22.5 Å². The van der Waals surface area contributed by atoms with Crippen molar-refractivity contribution >= 4 is 46.8 Å². The first-order chi connectivity index (χ1) is 25.2. The van der Waals surface area contributed by atoms with Gasteiger partial charge in [0.2, 0.25) is 11.8 Å². The normalized spacial score (nSPS) is 17.6. The Hall–Kier alpha value is -6.00. The van der Waals surface area contributed by atoms with Crippen LogP contribution in [0.5, 0.6) is 0 Å². The van der Waals surface area contributed by atoms with E-state index in [1.165, 1.54) is 58.3 Å². The van der Waals surface area contributed by atoms with Crippen LogP contribution >= 0.6 is 0 Å². The monoisotopic (exact) mass is 734 g/mol. The molecule has 2 aliphatic rings. The maximum Gasteiger partial charge on any atom is 0.410 e. The number of anilines is 2. The number of aromatic nitrogens is 1. The fraction of sp³-hybridized carbons (Fsp3) is 0.444. The highest BCUT2D eigenvalue weighted by atomic mass is 16.6. The second-order valence-electron chi connectivity index (χ2n) is 14.8. The van der Waals surface area contributed by atoms with Gasteiger partial charge in [-0.3, -0.25) is 39.6 Å². The molecule has 2 saturated heterocycles. The highest BCUT2D eigenvalue weighted by Crippen LogP contribution is 2.35. The minimum atomic E-state index is -0.884. The smallest absolute Gasteiger partial charge is 0.410 e. The number of amides is 4. The number of nitrogens with one attached hydrogen (secondary N) is 3. The average molecular weight is 735 g/mol. The zero-order valence-electron chi connectivity index (χ0n) is 31.3. The van der Waals surface area contributed by atoms with Crippen LogP contribution in [-0.2, 0) is 19.1 Å². The Morgan fingerprint density at radius 1 is 0.717 bits per heavy atom. The zero-order chi connectivity index (χ0) is 39.7. The van der Waals surface area contributed by atoms with Crippen molar-refractivity contribution in [1.82, 2.24) is 14.8 Å². The van der Waals surface area contributed by atoms with E-state index in [1.54, 1.807) is 41.5 Å². The van der Waals surface area contributed by atoms with Crippen LogP contribution in [0.1, 0.15) is 67.2 Å². The number of carbonyl (C=O) groups is 4. The van der Waals surface area contributed by atoms with Gasteiger partial charge in [-0.25, -0.2) is 9.59 Å². The summed E-state index contributed by atoms with van der Waals surface area (Å²) >= 11 is 0. The van der Waals surface area contributed by atoms with E-state index in [-0.39, 0.29) is 33.9 Å². The van der Waals surface area contributed by atoms with Gasteiger partial charge in [-0.15, -0.1) is 0 Å². The molecule has 2 fully saturated rings. The van der Waals surface area contributed by atoms with E-state index < -0.39 is 68.5 Å². The largest absolute Gasteiger partial charge is 0.444 e. The van der Waals surface area contributed by atoms with Gasteiger partial charge in [0.1, 0.15) is 34.7 Å². The Kier molecular flexibility index (Phi) is 10.4. The molecule has 0 radical (unpaired) electrons. The number of nitro benzene ring substituents is 2. The first-order valence-corrected chi connectivity index (χ1v) is 17.1. The third kappa shape index (κ3) is 9.09. The van der Waals surface area contributed by atoms with Crippen LogP contribution in [0.2, 0.25) is 1.41 Å². The van der Waals surface area contributed by atoms with Gasteiger partial charge in [-0.05, 0) is 91.5 Å². The van der Waals surface area contributed by atoms with E-state index in [0.717, 1.165) is 4.98 Å². The molecule has 3 heterocycles. The molecule has 0 bridgehead atoms. The Morgan fingerprint density at radius 3 is 1.43 bits per heavy atom. The molecule has 2 aromatic carbocycles. The van der Waals surface area contributed by atoms with Crippen LogP contribution in [-0.4, -0.2) is 85.0 Å². The summed E-state index contributed by atoms with van der Waals surface area (Å²) < 4.78 is 19.6. The van der Waals surface area contributed by atoms with E-state index in [2.05, 4.69) is 10.6 Å². The molecule has 0 aliphatic carbocycles. The second-order valence-corrected chi connectivity index (χ2v) is 14.8. The topological polar surface area (TPSA) is 219 Å². The molecule has 1 aromatic heterocycles. The predicted octanol–water partition coefficient (Wildman–Crippen LogP) is 6.84. The molecule has 17 nitrogen and oxygen atoms in total. The van der Waals surface area contributed by atoms with Crippen molar-refractivity contribution in [2.45, 2.75) is 90.5 Å². The number of likely N-dealkylation sites (tertiary alicyclic amines) is 2. The SMILES string of the molecule is [2H]n1c(-c2ccc(NC(=O)C3CCCN3C(=O)OC(C)(C)C)c([N+](=O)[O-])c2)ccc1-c1ccc(NC(=O)C2CCCN2C(=O)OC(C)(C)C)c([N+](=O)[O-])c1. The predicted molar refractivity (Wildman–Crippen MR) is 194 cm³/mol. The number of ether oxygens (including phenoxy) is 2. The maximum absolute atomic E-state index is 13.2. The molecule has 53 heavy (non-hydrogen) atoms. The summed E-state index contributed by atoms with van der Waals surface area (Å²) in [6, 6.07) is 9.30. The number of H-pyrrole nitrogens is 1. The van der Waals surface area contributed by atoms with Crippen LogP contribution in [0.4, 0.5) is 32.3 Å². The summed E-state index contributed by atoms with van der Waals surface area (Å²) in [5, 5.41) is 29.4. The standard InChI is InChI=1S/C36H43N7O10/c1-35(2,3)52-33(46)40-17-7-9-27(40)31(44)38-25-13-11-21(19-29(25)42(48)49)23-15-16-24(37-23)22-12-14-26(30(20-22)43(50)51)39-32(45)28-10-8-18-41(28)34(47)53-36(4,5)6/h11-16,19-20,27-28,37H,7-10,17-18H2,1-6H3,(H,38,44)(H,39,45)/i/hD. The van der Waals surface area contributed by atoms with Crippen LogP contribution < -0.4 is 10.6 Å². The molecule has 17 heteroatoms. The number of hydrogen-bond acceptors (Lipinski definition) is 10. The number of rotatable bonds is 8. The lowest BCUT2D eigenvalue weighted by Crippen LogP contribution is -2.45. The molecule has 5 rings (SSSR count). The van der Waals surface area contributed by atoms with Crippen molar-refractivity contribution in [3.63, 3.8) is 0 Å². The zero-order valence-corrected chi connectivity index (χ0v) is 30.3. The highest BCUT2D eigenvalue weighted by Gasteiger charge is 2.39. The summed E-state index contributed by atoms with van der Waals surface area (Å²) in [5.74, 6) is -1.21. The van der Waals surface area contributed by atoms with Gasteiger partial charge < -0.3 is 25.1 Å². The Balaban J connectivity index is 1.35. The molecule has 3 aromatic rings. The van der Waals surface area contributed by atoms with Gasteiger partial charge in [0, 0.05) is 47.7 Å². The summed E-state index contributed by atoms with van der Waals surface area (Å²) in [5.41, 5.74) is -1.73. The fourth-order valence-electron chi connectivity index (χ4n) is 6.17. The molecular formula is C36H43N7O10. The van der Waals surface area contributed by atoms with E-state index in [1.807, 2.05) is 0 Å². The molecule has 2 atom stereocenters. The quantitative estimate of drug-likeness (QED) is 0.162. The van der Waals surface area contributed by atoms with Gasteiger partial charge in [0.05, 0.1) is 9.85 Å². The van der Waals surface area contributed by atoms with E-state index >= 15 is 0 Å². The number of carbonyl (C=O) groups excluding carboxylic acids is 4. The van der Waals surface area contributed by atoms with Crippen molar-refractivity contribution in [2.75, 3.05) is 23.7 Å². The molecule has 282 valence electrons. The summed E-state index contributed by atoms with van der Waals surface area (Å²) in [4.78, 5) is 78.4. The molecule has 0 spiro atoms. The van der Waals surface area contributed by atoms with Crippen molar-refractivity contribution in [1.29, 1.82) is 0 Å². The number of nitro groups is 2.